The summed E-state index contributed by atoms with van der Waals surface area (Å²) in [5.74, 6) is 0.522. The quantitative estimate of drug-likeness (QED) is 0.709. The van der Waals surface area contributed by atoms with Crippen molar-refractivity contribution in [2.24, 2.45) is 0 Å². The molecule has 66 valence electrons. The number of hydrogen-bond donors (Lipinski definition) is 1. The third-order valence-electron chi connectivity index (χ3n) is 2.03. The second kappa shape index (κ2) is 3.37. The molecule has 1 aliphatic heterocycles. The van der Waals surface area contributed by atoms with Crippen molar-refractivity contribution in [1.82, 2.24) is 10.2 Å². The summed E-state index contributed by atoms with van der Waals surface area (Å²) in [5.41, 5.74) is 5.50. The van der Waals surface area contributed by atoms with Crippen LogP contribution in [0.5, 0.6) is 0 Å². The predicted octanol–water partition coefficient (Wildman–Crippen LogP) is 1.01. The van der Waals surface area contributed by atoms with Crippen LogP contribution in [0.1, 0.15) is 23.8 Å². The molecule has 0 atom stereocenters. The second-order valence-electron chi connectivity index (χ2n) is 2.87. The SMILES string of the molecule is Nc1nnc(C2CCOCC2)s1. The van der Waals surface area contributed by atoms with Crippen LogP contribution in [0.25, 0.3) is 0 Å². The number of hydrogen-bond acceptors (Lipinski definition) is 5. The largest absolute Gasteiger partial charge is 0.381 e. The van der Waals surface area contributed by atoms with E-state index in [1.165, 1.54) is 11.3 Å². The molecule has 5 heteroatoms. The minimum atomic E-state index is 0.522. The molecule has 2 N–H and O–H groups in total. The van der Waals surface area contributed by atoms with Crippen LogP contribution < -0.4 is 5.73 Å². The van der Waals surface area contributed by atoms with Gasteiger partial charge >= 0.3 is 0 Å². The highest BCUT2D eigenvalue weighted by Gasteiger charge is 2.19. The second-order valence-corrected chi connectivity index (χ2v) is 3.91. The van der Waals surface area contributed by atoms with Gasteiger partial charge < -0.3 is 10.5 Å². The lowest BCUT2D eigenvalue weighted by Crippen LogP contribution is -2.13. The van der Waals surface area contributed by atoms with Crippen molar-refractivity contribution in [2.45, 2.75) is 18.8 Å². The van der Waals surface area contributed by atoms with E-state index >= 15 is 0 Å². The van der Waals surface area contributed by atoms with Crippen LogP contribution >= 0.6 is 11.3 Å². The summed E-state index contributed by atoms with van der Waals surface area (Å²) in [7, 11) is 0. The molecule has 12 heavy (non-hydrogen) atoms. The lowest BCUT2D eigenvalue weighted by Gasteiger charge is -2.18. The van der Waals surface area contributed by atoms with Crippen molar-refractivity contribution in [3.63, 3.8) is 0 Å². The minimum absolute atomic E-state index is 0.522. The Morgan fingerprint density at radius 3 is 2.67 bits per heavy atom. The highest BCUT2D eigenvalue weighted by atomic mass is 32.1. The fourth-order valence-electron chi connectivity index (χ4n) is 1.36. The van der Waals surface area contributed by atoms with Gasteiger partial charge in [-0.1, -0.05) is 11.3 Å². The molecule has 0 unspecified atom stereocenters. The average Bonchev–Trinajstić information content (AvgIpc) is 2.54. The molecule has 0 bridgehead atoms. The number of nitrogens with two attached hydrogens (primary N) is 1. The molecule has 2 rings (SSSR count). The van der Waals surface area contributed by atoms with Crippen LogP contribution in [0.3, 0.4) is 0 Å². The van der Waals surface area contributed by atoms with Gasteiger partial charge in [0.05, 0.1) is 0 Å². The Balaban J connectivity index is 2.08. The molecule has 4 nitrogen and oxygen atoms in total. The number of nitrogen functional groups attached to an aromatic ring is 1. The molecule has 0 amide bonds. The van der Waals surface area contributed by atoms with E-state index in [0.717, 1.165) is 31.1 Å². The van der Waals surface area contributed by atoms with Crippen molar-refractivity contribution in [3.05, 3.63) is 5.01 Å². The van der Waals surface area contributed by atoms with Crippen LogP contribution in [0.2, 0.25) is 0 Å². The van der Waals surface area contributed by atoms with E-state index in [9.17, 15) is 0 Å². The van der Waals surface area contributed by atoms with Crippen molar-refractivity contribution in [3.8, 4) is 0 Å². The zero-order valence-corrected chi connectivity index (χ0v) is 7.51. The van der Waals surface area contributed by atoms with Crippen LogP contribution in [-0.2, 0) is 4.74 Å². The van der Waals surface area contributed by atoms with Gasteiger partial charge in [-0.05, 0) is 12.8 Å². The summed E-state index contributed by atoms with van der Waals surface area (Å²) in [4.78, 5) is 0. The van der Waals surface area contributed by atoms with Gasteiger partial charge in [0, 0.05) is 19.1 Å². The first kappa shape index (κ1) is 7.94. The third-order valence-corrected chi connectivity index (χ3v) is 2.94. The molecule has 0 radical (unpaired) electrons. The summed E-state index contributed by atoms with van der Waals surface area (Å²) in [6.45, 7) is 1.67. The van der Waals surface area contributed by atoms with E-state index in [2.05, 4.69) is 10.2 Å². The molecule has 0 aromatic carbocycles. The molecule has 0 spiro atoms. The molecular weight excluding hydrogens is 174 g/mol. The van der Waals surface area contributed by atoms with Crippen LogP contribution in [0.15, 0.2) is 0 Å². The van der Waals surface area contributed by atoms with Crippen molar-refractivity contribution in [1.29, 1.82) is 0 Å². The van der Waals surface area contributed by atoms with Crippen LogP contribution in [-0.4, -0.2) is 23.4 Å². The smallest absolute Gasteiger partial charge is 0.203 e. The molecule has 1 aromatic rings. The van der Waals surface area contributed by atoms with Gasteiger partial charge in [0.2, 0.25) is 5.13 Å². The number of anilines is 1. The summed E-state index contributed by atoms with van der Waals surface area (Å²) < 4.78 is 5.25. The molecule has 1 aromatic heterocycles. The fourth-order valence-corrected chi connectivity index (χ4v) is 2.14. The van der Waals surface area contributed by atoms with Crippen LogP contribution in [0, 0.1) is 0 Å². The summed E-state index contributed by atoms with van der Waals surface area (Å²) >= 11 is 1.49. The van der Waals surface area contributed by atoms with Crippen molar-refractivity contribution < 1.29 is 4.74 Å². The average molecular weight is 185 g/mol. The van der Waals surface area contributed by atoms with E-state index in [1.807, 2.05) is 0 Å². The number of rotatable bonds is 1. The van der Waals surface area contributed by atoms with Crippen molar-refractivity contribution >= 4 is 16.5 Å². The van der Waals surface area contributed by atoms with Gasteiger partial charge in [0.1, 0.15) is 5.01 Å². The van der Waals surface area contributed by atoms with Gasteiger partial charge in [-0.25, -0.2) is 0 Å². The first-order chi connectivity index (χ1) is 5.86. The summed E-state index contributed by atoms with van der Waals surface area (Å²) in [6.07, 6.45) is 2.10. The third kappa shape index (κ3) is 1.56. The van der Waals surface area contributed by atoms with E-state index in [4.69, 9.17) is 10.5 Å². The van der Waals surface area contributed by atoms with Gasteiger partial charge in [0.15, 0.2) is 0 Å². The Bertz CT molecular complexity index is 257. The zero-order chi connectivity index (χ0) is 8.39. The molecule has 1 fully saturated rings. The van der Waals surface area contributed by atoms with Crippen molar-refractivity contribution in [2.75, 3.05) is 18.9 Å². The van der Waals surface area contributed by atoms with Gasteiger partial charge in [-0.2, -0.15) is 0 Å². The Labute approximate surface area is 74.8 Å². The Kier molecular flexibility index (Phi) is 2.23. The van der Waals surface area contributed by atoms with Gasteiger partial charge in [-0.3, -0.25) is 0 Å². The Morgan fingerprint density at radius 2 is 2.08 bits per heavy atom. The molecule has 1 saturated heterocycles. The zero-order valence-electron chi connectivity index (χ0n) is 6.69. The lowest BCUT2D eigenvalue weighted by atomic mass is 10.0. The molecule has 2 heterocycles. The monoisotopic (exact) mass is 185 g/mol. The standard InChI is InChI=1S/C7H11N3OS/c8-7-10-9-6(12-7)5-1-3-11-4-2-5/h5H,1-4H2,(H2,8,10). The van der Waals surface area contributed by atoms with E-state index < -0.39 is 0 Å². The maximum atomic E-state index is 5.50. The molecule has 1 aliphatic rings. The number of ether oxygens (including phenoxy) is 1. The first-order valence-electron chi connectivity index (χ1n) is 4.03. The molecular formula is C7H11N3OS. The number of nitrogens with zero attached hydrogens (tertiary/aromatic N) is 2. The normalized spacial score (nSPS) is 19.7. The fraction of sp³-hybridized carbons (Fsp3) is 0.714. The summed E-state index contributed by atoms with van der Waals surface area (Å²) in [5, 5.41) is 9.46. The van der Waals surface area contributed by atoms with Crippen LogP contribution in [0.4, 0.5) is 5.13 Å². The van der Waals surface area contributed by atoms with E-state index in [1.54, 1.807) is 0 Å². The van der Waals surface area contributed by atoms with E-state index in [-0.39, 0.29) is 0 Å². The maximum Gasteiger partial charge on any atom is 0.203 e. The highest BCUT2D eigenvalue weighted by molar-refractivity contribution is 7.15. The maximum absolute atomic E-state index is 5.50. The predicted molar refractivity (Wildman–Crippen MR) is 47.1 cm³/mol. The highest BCUT2D eigenvalue weighted by Crippen LogP contribution is 2.29. The minimum Gasteiger partial charge on any atom is -0.381 e. The number of aromatic nitrogens is 2. The van der Waals surface area contributed by atoms with Gasteiger partial charge in [0.25, 0.3) is 0 Å². The molecule has 0 saturated carbocycles. The topological polar surface area (TPSA) is 61.0 Å². The van der Waals surface area contributed by atoms with E-state index in [0.29, 0.717) is 11.0 Å². The summed E-state index contributed by atoms with van der Waals surface area (Å²) in [6, 6.07) is 0. The van der Waals surface area contributed by atoms with Gasteiger partial charge in [-0.15, -0.1) is 10.2 Å². The lowest BCUT2D eigenvalue weighted by molar-refractivity contribution is 0.0851. The Morgan fingerprint density at radius 1 is 1.33 bits per heavy atom. The first-order valence-corrected chi connectivity index (χ1v) is 4.84. The Hall–Kier alpha value is -0.680. The molecule has 0 aliphatic carbocycles.